The summed E-state index contributed by atoms with van der Waals surface area (Å²) in [6.07, 6.45) is 4.68. The number of carbonyl (C=O) groups excluding carboxylic acids is 1. The highest BCUT2D eigenvalue weighted by Crippen LogP contribution is 2.13. The van der Waals surface area contributed by atoms with Crippen molar-refractivity contribution in [2.45, 2.75) is 19.9 Å². The van der Waals surface area contributed by atoms with Gasteiger partial charge in [-0.2, -0.15) is 10.2 Å². The Morgan fingerprint density at radius 3 is 3.00 bits per heavy atom. The Labute approximate surface area is 92.7 Å². The quantitative estimate of drug-likeness (QED) is 0.820. The van der Waals surface area contributed by atoms with Crippen LogP contribution in [0, 0.1) is 0 Å². The number of aromatic amines is 1. The predicted molar refractivity (Wildman–Crippen MR) is 59.2 cm³/mol. The third-order valence-corrected chi connectivity index (χ3v) is 2.16. The fourth-order valence-corrected chi connectivity index (χ4v) is 1.39. The second kappa shape index (κ2) is 4.18. The van der Waals surface area contributed by atoms with Crippen LogP contribution in [0.1, 0.15) is 30.2 Å². The number of aromatic nitrogens is 4. The Bertz CT molecular complexity index is 471. The van der Waals surface area contributed by atoms with Crippen molar-refractivity contribution in [3.8, 4) is 0 Å². The lowest BCUT2D eigenvalue weighted by Gasteiger charge is -2.10. The summed E-state index contributed by atoms with van der Waals surface area (Å²) in [6.45, 7) is 4.00. The molecular weight excluding hydrogens is 206 g/mol. The zero-order valence-corrected chi connectivity index (χ0v) is 9.14. The lowest BCUT2D eigenvalue weighted by atomic mass is 10.3. The molecule has 84 valence electrons. The summed E-state index contributed by atoms with van der Waals surface area (Å²) in [5, 5.41) is 13.2. The summed E-state index contributed by atoms with van der Waals surface area (Å²) in [6, 6.07) is 1.97. The average molecular weight is 219 g/mol. The van der Waals surface area contributed by atoms with E-state index in [9.17, 15) is 4.79 Å². The molecule has 2 aromatic rings. The molecule has 2 rings (SSSR count). The molecule has 0 aliphatic rings. The van der Waals surface area contributed by atoms with E-state index in [0.29, 0.717) is 11.4 Å². The molecule has 16 heavy (non-hydrogen) atoms. The molecule has 0 radical (unpaired) electrons. The predicted octanol–water partition coefficient (Wildman–Crippen LogP) is 1.44. The van der Waals surface area contributed by atoms with Crippen molar-refractivity contribution < 1.29 is 4.79 Å². The SMILES string of the molecule is CC(C)n1nccc1NC(=O)c1cn[nH]c1. The number of amides is 1. The first-order valence-electron chi connectivity index (χ1n) is 5.02. The van der Waals surface area contributed by atoms with Gasteiger partial charge in [0.1, 0.15) is 5.82 Å². The van der Waals surface area contributed by atoms with Crippen LogP contribution in [0.4, 0.5) is 5.82 Å². The van der Waals surface area contributed by atoms with Crippen molar-refractivity contribution in [3.05, 3.63) is 30.2 Å². The molecule has 6 heteroatoms. The first-order chi connectivity index (χ1) is 7.68. The van der Waals surface area contributed by atoms with E-state index in [1.165, 1.54) is 6.20 Å². The van der Waals surface area contributed by atoms with Crippen LogP contribution < -0.4 is 5.32 Å². The minimum Gasteiger partial charge on any atom is -0.307 e. The van der Waals surface area contributed by atoms with Crippen LogP contribution in [0.25, 0.3) is 0 Å². The Kier molecular flexibility index (Phi) is 2.72. The smallest absolute Gasteiger partial charge is 0.259 e. The van der Waals surface area contributed by atoms with Gasteiger partial charge < -0.3 is 5.32 Å². The fourth-order valence-electron chi connectivity index (χ4n) is 1.39. The van der Waals surface area contributed by atoms with Crippen molar-refractivity contribution in [2.24, 2.45) is 0 Å². The van der Waals surface area contributed by atoms with Gasteiger partial charge in [-0.1, -0.05) is 0 Å². The van der Waals surface area contributed by atoms with E-state index in [2.05, 4.69) is 20.6 Å². The molecule has 0 aromatic carbocycles. The van der Waals surface area contributed by atoms with Crippen molar-refractivity contribution in [1.29, 1.82) is 0 Å². The molecule has 0 unspecified atom stereocenters. The Morgan fingerprint density at radius 2 is 2.38 bits per heavy atom. The first-order valence-corrected chi connectivity index (χ1v) is 5.02. The van der Waals surface area contributed by atoms with Crippen LogP contribution in [0.15, 0.2) is 24.7 Å². The highest BCUT2D eigenvalue weighted by molar-refractivity contribution is 6.03. The zero-order chi connectivity index (χ0) is 11.5. The van der Waals surface area contributed by atoms with Gasteiger partial charge in [0.05, 0.1) is 18.0 Å². The van der Waals surface area contributed by atoms with Gasteiger partial charge in [0.25, 0.3) is 5.91 Å². The summed E-state index contributed by atoms with van der Waals surface area (Å²) in [5.74, 6) is 0.484. The van der Waals surface area contributed by atoms with E-state index in [4.69, 9.17) is 0 Å². The van der Waals surface area contributed by atoms with Crippen LogP contribution in [0.3, 0.4) is 0 Å². The number of anilines is 1. The average Bonchev–Trinajstić information content (AvgIpc) is 2.86. The fraction of sp³-hybridized carbons (Fsp3) is 0.300. The van der Waals surface area contributed by atoms with Crippen LogP contribution in [0.5, 0.6) is 0 Å². The minimum absolute atomic E-state index is 0.198. The van der Waals surface area contributed by atoms with Crippen LogP contribution in [-0.4, -0.2) is 25.9 Å². The second-order valence-corrected chi connectivity index (χ2v) is 3.70. The topological polar surface area (TPSA) is 75.6 Å². The summed E-state index contributed by atoms with van der Waals surface area (Å²) in [4.78, 5) is 11.7. The Hall–Kier alpha value is -2.11. The summed E-state index contributed by atoms with van der Waals surface area (Å²) in [7, 11) is 0. The molecule has 0 aliphatic carbocycles. The van der Waals surface area contributed by atoms with Crippen LogP contribution >= 0.6 is 0 Å². The number of hydrogen-bond donors (Lipinski definition) is 2. The lowest BCUT2D eigenvalue weighted by Crippen LogP contribution is -2.16. The maximum absolute atomic E-state index is 11.7. The number of nitrogens with zero attached hydrogens (tertiary/aromatic N) is 3. The van der Waals surface area contributed by atoms with Gasteiger partial charge in [-0.25, -0.2) is 4.68 Å². The van der Waals surface area contributed by atoms with Gasteiger partial charge in [-0.05, 0) is 13.8 Å². The van der Waals surface area contributed by atoms with Crippen LogP contribution in [0.2, 0.25) is 0 Å². The standard InChI is InChI=1S/C10H13N5O/c1-7(2)15-9(3-4-13-15)14-10(16)8-5-11-12-6-8/h3-7H,1-2H3,(H,11,12)(H,14,16). The maximum Gasteiger partial charge on any atom is 0.259 e. The van der Waals surface area contributed by atoms with Crippen molar-refractivity contribution >= 4 is 11.7 Å². The summed E-state index contributed by atoms with van der Waals surface area (Å²) in [5.41, 5.74) is 0.497. The van der Waals surface area contributed by atoms with E-state index in [0.717, 1.165) is 0 Å². The van der Waals surface area contributed by atoms with E-state index in [-0.39, 0.29) is 11.9 Å². The van der Waals surface area contributed by atoms with Gasteiger partial charge >= 0.3 is 0 Å². The van der Waals surface area contributed by atoms with E-state index in [1.807, 2.05) is 13.8 Å². The highest BCUT2D eigenvalue weighted by Gasteiger charge is 2.11. The molecule has 1 amide bonds. The molecule has 0 saturated carbocycles. The van der Waals surface area contributed by atoms with Gasteiger partial charge in [-0.3, -0.25) is 9.89 Å². The van der Waals surface area contributed by atoms with Gasteiger partial charge in [-0.15, -0.1) is 0 Å². The number of H-pyrrole nitrogens is 1. The molecule has 6 nitrogen and oxygen atoms in total. The Balaban J connectivity index is 2.15. The molecular formula is C10H13N5O. The molecule has 0 aliphatic heterocycles. The van der Waals surface area contributed by atoms with Crippen molar-refractivity contribution in [1.82, 2.24) is 20.0 Å². The summed E-state index contributed by atoms with van der Waals surface area (Å²) >= 11 is 0. The van der Waals surface area contributed by atoms with Crippen LogP contribution in [-0.2, 0) is 0 Å². The van der Waals surface area contributed by atoms with Crippen molar-refractivity contribution in [2.75, 3.05) is 5.32 Å². The number of nitrogens with one attached hydrogen (secondary N) is 2. The number of rotatable bonds is 3. The molecule has 2 N–H and O–H groups in total. The molecule has 2 heterocycles. The molecule has 0 bridgehead atoms. The molecule has 0 saturated heterocycles. The third kappa shape index (κ3) is 1.95. The van der Waals surface area contributed by atoms with Gasteiger partial charge in [0, 0.05) is 18.3 Å². The first kappa shape index (κ1) is 10.4. The Morgan fingerprint density at radius 1 is 1.56 bits per heavy atom. The molecule has 0 atom stereocenters. The van der Waals surface area contributed by atoms with Crippen molar-refractivity contribution in [3.63, 3.8) is 0 Å². The monoisotopic (exact) mass is 219 g/mol. The normalized spacial score (nSPS) is 10.7. The van der Waals surface area contributed by atoms with E-state index in [1.54, 1.807) is 23.1 Å². The largest absolute Gasteiger partial charge is 0.307 e. The molecule has 0 spiro atoms. The second-order valence-electron chi connectivity index (χ2n) is 3.70. The summed E-state index contributed by atoms with van der Waals surface area (Å²) < 4.78 is 1.75. The molecule has 2 aromatic heterocycles. The zero-order valence-electron chi connectivity index (χ0n) is 9.14. The van der Waals surface area contributed by atoms with Gasteiger partial charge in [0.2, 0.25) is 0 Å². The van der Waals surface area contributed by atoms with E-state index < -0.39 is 0 Å². The maximum atomic E-state index is 11.7. The van der Waals surface area contributed by atoms with Gasteiger partial charge in [0.15, 0.2) is 0 Å². The molecule has 0 fully saturated rings. The minimum atomic E-state index is -0.198. The third-order valence-electron chi connectivity index (χ3n) is 2.16. The highest BCUT2D eigenvalue weighted by atomic mass is 16.1. The number of hydrogen-bond acceptors (Lipinski definition) is 3. The number of carbonyl (C=O) groups is 1. The van der Waals surface area contributed by atoms with E-state index >= 15 is 0 Å². The lowest BCUT2D eigenvalue weighted by molar-refractivity contribution is 0.102.